The van der Waals surface area contributed by atoms with E-state index in [4.69, 9.17) is 0 Å². The molecule has 106 valence electrons. The fourth-order valence-corrected chi connectivity index (χ4v) is 2.42. The number of benzene rings is 1. The average Bonchev–Trinajstić information content (AvgIpc) is 3.17. The van der Waals surface area contributed by atoms with Crippen LogP contribution in [0.4, 0.5) is 4.39 Å². The summed E-state index contributed by atoms with van der Waals surface area (Å²) < 4.78 is 15.0. The minimum Gasteiger partial charge on any atom is -0.310 e. The molecule has 4 heteroatoms. The second-order valence-electron chi connectivity index (χ2n) is 5.75. The van der Waals surface area contributed by atoms with Crippen molar-refractivity contribution in [3.8, 4) is 5.69 Å². The first-order valence-corrected chi connectivity index (χ1v) is 7.21. The Morgan fingerprint density at radius 1 is 1.30 bits per heavy atom. The summed E-state index contributed by atoms with van der Waals surface area (Å²) in [5.41, 5.74) is 3.47. The van der Waals surface area contributed by atoms with Crippen LogP contribution < -0.4 is 5.32 Å². The highest BCUT2D eigenvalue weighted by Gasteiger charge is 2.30. The van der Waals surface area contributed by atoms with Crippen LogP contribution in [0.3, 0.4) is 0 Å². The van der Waals surface area contributed by atoms with E-state index in [0.29, 0.717) is 12.0 Å². The lowest BCUT2D eigenvalue weighted by atomic mass is 10.1. The Morgan fingerprint density at radius 2 is 2.00 bits per heavy atom. The van der Waals surface area contributed by atoms with Crippen molar-refractivity contribution in [3.05, 3.63) is 47.5 Å². The van der Waals surface area contributed by atoms with Crippen LogP contribution in [0.25, 0.3) is 5.69 Å². The van der Waals surface area contributed by atoms with Crippen molar-refractivity contribution in [3.63, 3.8) is 0 Å². The van der Waals surface area contributed by atoms with E-state index in [1.807, 2.05) is 10.9 Å². The monoisotopic (exact) mass is 273 g/mol. The minimum absolute atomic E-state index is 0.212. The molecule has 1 aromatic heterocycles. The summed E-state index contributed by atoms with van der Waals surface area (Å²) >= 11 is 0. The van der Waals surface area contributed by atoms with Crippen LogP contribution in [0.15, 0.2) is 30.5 Å². The molecule has 0 amide bonds. The van der Waals surface area contributed by atoms with Gasteiger partial charge in [-0.3, -0.25) is 0 Å². The van der Waals surface area contributed by atoms with Gasteiger partial charge in [0.1, 0.15) is 5.82 Å². The van der Waals surface area contributed by atoms with Gasteiger partial charge >= 0.3 is 0 Å². The molecular formula is C16H20FN3. The molecule has 3 nitrogen and oxygen atoms in total. The summed E-state index contributed by atoms with van der Waals surface area (Å²) in [6, 6.07) is 7.00. The van der Waals surface area contributed by atoms with Crippen molar-refractivity contribution >= 4 is 0 Å². The molecule has 0 unspecified atom stereocenters. The van der Waals surface area contributed by atoms with Crippen LogP contribution in [0.5, 0.6) is 0 Å². The van der Waals surface area contributed by atoms with Gasteiger partial charge in [-0.05, 0) is 37.1 Å². The van der Waals surface area contributed by atoms with Gasteiger partial charge in [-0.1, -0.05) is 13.8 Å². The van der Waals surface area contributed by atoms with Crippen LogP contribution in [0.1, 0.15) is 43.9 Å². The molecule has 1 aliphatic carbocycles. The maximum Gasteiger partial charge on any atom is 0.123 e. The maximum atomic E-state index is 13.0. The van der Waals surface area contributed by atoms with Gasteiger partial charge in [0.15, 0.2) is 0 Å². The second-order valence-corrected chi connectivity index (χ2v) is 5.75. The average molecular weight is 273 g/mol. The van der Waals surface area contributed by atoms with E-state index in [9.17, 15) is 4.39 Å². The second kappa shape index (κ2) is 5.37. The van der Waals surface area contributed by atoms with Gasteiger partial charge in [0.2, 0.25) is 0 Å². The summed E-state index contributed by atoms with van der Waals surface area (Å²) in [6.45, 7) is 5.12. The molecule has 1 aliphatic rings. The predicted molar refractivity (Wildman–Crippen MR) is 77.5 cm³/mol. The zero-order valence-electron chi connectivity index (χ0n) is 11.9. The number of hydrogen-bond donors (Lipinski definition) is 1. The van der Waals surface area contributed by atoms with Crippen LogP contribution in [0.2, 0.25) is 0 Å². The predicted octanol–water partition coefficient (Wildman–Crippen LogP) is 3.39. The maximum absolute atomic E-state index is 13.0. The molecule has 1 saturated carbocycles. The Labute approximate surface area is 118 Å². The number of rotatable bonds is 5. The first-order chi connectivity index (χ1) is 9.65. The third kappa shape index (κ3) is 2.75. The highest BCUT2D eigenvalue weighted by molar-refractivity contribution is 5.38. The Bertz CT molecular complexity index is 582. The first kappa shape index (κ1) is 13.3. The molecule has 0 bridgehead atoms. The molecule has 0 spiro atoms. The fraction of sp³-hybridized carbons (Fsp3) is 0.438. The van der Waals surface area contributed by atoms with Gasteiger partial charge in [-0.2, -0.15) is 5.10 Å². The van der Waals surface area contributed by atoms with Crippen molar-refractivity contribution in [2.24, 2.45) is 0 Å². The largest absolute Gasteiger partial charge is 0.310 e. The molecule has 3 rings (SSSR count). The quantitative estimate of drug-likeness (QED) is 0.905. The van der Waals surface area contributed by atoms with Crippen molar-refractivity contribution in [1.29, 1.82) is 0 Å². The van der Waals surface area contributed by atoms with Gasteiger partial charge in [0, 0.05) is 24.1 Å². The summed E-state index contributed by atoms with van der Waals surface area (Å²) in [6.07, 6.45) is 4.38. The van der Waals surface area contributed by atoms with Crippen LogP contribution in [0, 0.1) is 5.82 Å². The van der Waals surface area contributed by atoms with Crippen molar-refractivity contribution in [2.75, 3.05) is 0 Å². The lowest BCUT2D eigenvalue weighted by Crippen LogP contribution is -2.22. The summed E-state index contributed by atoms with van der Waals surface area (Å²) in [4.78, 5) is 0. The van der Waals surface area contributed by atoms with E-state index in [2.05, 4.69) is 24.3 Å². The van der Waals surface area contributed by atoms with Gasteiger partial charge < -0.3 is 5.32 Å². The Balaban J connectivity index is 1.92. The lowest BCUT2D eigenvalue weighted by molar-refractivity contribution is 0.585. The topological polar surface area (TPSA) is 29.9 Å². The standard InChI is InChI=1S/C16H20FN3/c1-11(2)18-9-13-10-19-20(16(13)12-3-4-12)15-7-5-14(17)6-8-15/h5-8,10-12,18H,3-4,9H2,1-2H3. The molecule has 1 aromatic carbocycles. The first-order valence-electron chi connectivity index (χ1n) is 7.21. The molecule has 2 aromatic rings. The van der Waals surface area contributed by atoms with E-state index < -0.39 is 0 Å². The number of hydrogen-bond acceptors (Lipinski definition) is 2. The van der Waals surface area contributed by atoms with Gasteiger partial charge in [0.25, 0.3) is 0 Å². The Morgan fingerprint density at radius 3 is 2.60 bits per heavy atom. The molecule has 1 fully saturated rings. The molecule has 0 aliphatic heterocycles. The van der Waals surface area contributed by atoms with E-state index in [1.165, 1.54) is 36.2 Å². The van der Waals surface area contributed by atoms with Gasteiger partial charge in [0.05, 0.1) is 17.6 Å². The third-order valence-corrected chi connectivity index (χ3v) is 3.62. The number of nitrogens with one attached hydrogen (secondary N) is 1. The summed E-state index contributed by atoms with van der Waals surface area (Å²) in [7, 11) is 0. The highest BCUT2D eigenvalue weighted by atomic mass is 19.1. The normalized spacial score (nSPS) is 15.0. The number of nitrogens with zero attached hydrogens (tertiary/aromatic N) is 2. The summed E-state index contributed by atoms with van der Waals surface area (Å²) in [5, 5.41) is 7.95. The van der Waals surface area contributed by atoms with E-state index in [1.54, 1.807) is 12.1 Å². The molecule has 1 N–H and O–H groups in total. The van der Waals surface area contributed by atoms with Crippen LogP contribution in [-0.2, 0) is 6.54 Å². The van der Waals surface area contributed by atoms with Gasteiger partial charge in [-0.15, -0.1) is 0 Å². The Hall–Kier alpha value is -1.68. The van der Waals surface area contributed by atoms with Crippen LogP contribution >= 0.6 is 0 Å². The minimum atomic E-state index is -0.212. The van der Waals surface area contributed by atoms with Crippen molar-refractivity contribution < 1.29 is 4.39 Å². The number of aromatic nitrogens is 2. The molecule has 1 heterocycles. The lowest BCUT2D eigenvalue weighted by Gasteiger charge is -2.11. The number of halogens is 1. The fourth-order valence-electron chi connectivity index (χ4n) is 2.42. The molecule has 0 atom stereocenters. The van der Waals surface area contributed by atoms with E-state index in [-0.39, 0.29) is 5.82 Å². The third-order valence-electron chi connectivity index (χ3n) is 3.62. The zero-order chi connectivity index (χ0) is 14.1. The molecular weight excluding hydrogens is 253 g/mol. The summed E-state index contributed by atoms with van der Waals surface area (Å²) in [5.74, 6) is 0.391. The molecule has 0 saturated heterocycles. The smallest absolute Gasteiger partial charge is 0.123 e. The molecule has 20 heavy (non-hydrogen) atoms. The van der Waals surface area contributed by atoms with E-state index in [0.717, 1.165) is 12.2 Å². The highest BCUT2D eigenvalue weighted by Crippen LogP contribution is 2.42. The Kier molecular flexibility index (Phi) is 3.57. The SMILES string of the molecule is CC(C)NCc1cnn(-c2ccc(F)cc2)c1C1CC1. The zero-order valence-corrected chi connectivity index (χ0v) is 11.9. The van der Waals surface area contributed by atoms with E-state index >= 15 is 0 Å². The van der Waals surface area contributed by atoms with Crippen molar-refractivity contribution in [1.82, 2.24) is 15.1 Å². The molecule has 0 radical (unpaired) electrons. The van der Waals surface area contributed by atoms with Crippen molar-refractivity contribution in [2.45, 2.75) is 45.2 Å². The van der Waals surface area contributed by atoms with Gasteiger partial charge in [-0.25, -0.2) is 9.07 Å². The van der Waals surface area contributed by atoms with Crippen LogP contribution in [-0.4, -0.2) is 15.8 Å².